The molecular formula is C17H15F3N4O3. The quantitative estimate of drug-likeness (QED) is 0.604. The Morgan fingerprint density at radius 2 is 1.67 bits per heavy atom. The van der Waals surface area contributed by atoms with Gasteiger partial charge in [0.15, 0.2) is 6.20 Å². The Bertz CT molecular complexity index is 830. The van der Waals surface area contributed by atoms with Gasteiger partial charge in [0.25, 0.3) is 5.91 Å². The number of nitro groups is 1. The number of halogens is 3. The van der Waals surface area contributed by atoms with Gasteiger partial charge >= 0.3 is 12.0 Å². The Morgan fingerprint density at radius 3 is 2.15 bits per heavy atom. The van der Waals surface area contributed by atoms with Gasteiger partial charge in [-0.2, -0.15) is 13.2 Å². The summed E-state index contributed by atoms with van der Waals surface area (Å²) in [4.78, 5) is 29.8. The van der Waals surface area contributed by atoms with Crippen molar-refractivity contribution in [1.82, 2.24) is 9.88 Å². The maximum atomic E-state index is 12.6. The van der Waals surface area contributed by atoms with Crippen LogP contribution in [0.15, 0.2) is 42.6 Å². The van der Waals surface area contributed by atoms with Crippen LogP contribution >= 0.6 is 0 Å². The molecular weight excluding hydrogens is 365 g/mol. The Kier molecular flexibility index (Phi) is 4.98. The molecule has 0 radical (unpaired) electrons. The molecule has 142 valence electrons. The number of hydrogen-bond donors (Lipinski definition) is 0. The maximum Gasteiger partial charge on any atom is 0.416 e. The van der Waals surface area contributed by atoms with Crippen molar-refractivity contribution in [1.29, 1.82) is 0 Å². The van der Waals surface area contributed by atoms with Crippen molar-refractivity contribution in [2.24, 2.45) is 0 Å². The van der Waals surface area contributed by atoms with Gasteiger partial charge in [0, 0.05) is 37.8 Å². The Morgan fingerprint density at radius 1 is 1.04 bits per heavy atom. The topological polar surface area (TPSA) is 79.6 Å². The number of alkyl halides is 3. The van der Waals surface area contributed by atoms with Gasteiger partial charge in [-0.05, 0) is 40.2 Å². The third-order valence-corrected chi connectivity index (χ3v) is 4.31. The lowest BCUT2D eigenvalue weighted by Gasteiger charge is -2.35. The van der Waals surface area contributed by atoms with Crippen LogP contribution in [0.1, 0.15) is 15.9 Å². The molecule has 1 saturated heterocycles. The zero-order valence-electron chi connectivity index (χ0n) is 14.0. The van der Waals surface area contributed by atoms with Crippen LogP contribution in [0.25, 0.3) is 0 Å². The Labute approximate surface area is 152 Å². The standard InChI is InChI=1S/C17H15F3N4O3/c18-17(19,20)13-3-1-12(2-4-13)16(25)23-9-7-22(8-10-23)14-5-6-15(21-11-14)24(26)27/h1-6,11H,7-10H2. The van der Waals surface area contributed by atoms with Crippen LogP contribution in [0.3, 0.4) is 0 Å². The molecule has 7 nitrogen and oxygen atoms in total. The second kappa shape index (κ2) is 7.22. The maximum absolute atomic E-state index is 12.6. The fraction of sp³-hybridized carbons (Fsp3) is 0.294. The van der Waals surface area contributed by atoms with Crippen molar-refractivity contribution in [3.8, 4) is 0 Å². The summed E-state index contributed by atoms with van der Waals surface area (Å²) in [6.07, 6.45) is -3.03. The lowest BCUT2D eigenvalue weighted by atomic mass is 10.1. The van der Waals surface area contributed by atoms with Crippen molar-refractivity contribution in [2.75, 3.05) is 31.1 Å². The molecule has 0 bridgehead atoms. The molecule has 1 aliphatic rings. The number of benzene rings is 1. The number of carbonyl (C=O) groups is 1. The second-order valence-corrected chi connectivity index (χ2v) is 5.99. The first-order valence-electron chi connectivity index (χ1n) is 8.07. The van der Waals surface area contributed by atoms with Crippen molar-refractivity contribution in [3.63, 3.8) is 0 Å². The van der Waals surface area contributed by atoms with Gasteiger partial charge in [-0.1, -0.05) is 0 Å². The Balaban J connectivity index is 1.61. The molecule has 1 aromatic carbocycles. The van der Waals surface area contributed by atoms with Crippen molar-refractivity contribution in [2.45, 2.75) is 6.18 Å². The average Bonchev–Trinajstić information content (AvgIpc) is 2.67. The van der Waals surface area contributed by atoms with Gasteiger partial charge in [-0.3, -0.25) is 4.79 Å². The van der Waals surface area contributed by atoms with E-state index in [0.29, 0.717) is 31.9 Å². The van der Waals surface area contributed by atoms with Gasteiger partial charge in [0.1, 0.15) is 0 Å². The highest BCUT2D eigenvalue weighted by molar-refractivity contribution is 5.94. The van der Waals surface area contributed by atoms with E-state index >= 15 is 0 Å². The SMILES string of the molecule is O=C(c1ccc(C(F)(F)F)cc1)N1CCN(c2ccc([N+](=O)[O-])nc2)CC1. The van der Waals surface area contributed by atoms with E-state index in [1.54, 1.807) is 11.0 Å². The Hall–Kier alpha value is -3.17. The normalized spacial score (nSPS) is 14.9. The molecule has 0 unspecified atom stereocenters. The zero-order chi connectivity index (χ0) is 19.6. The molecule has 0 aliphatic carbocycles. The third-order valence-electron chi connectivity index (χ3n) is 4.31. The number of piperazine rings is 1. The monoisotopic (exact) mass is 380 g/mol. The summed E-state index contributed by atoms with van der Waals surface area (Å²) in [5.74, 6) is -0.569. The lowest BCUT2D eigenvalue weighted by molar-refractivity contribution is -0.389. The number of aromatic nitrogens is 1. The van der Waals surface area contributed by atoms with Crippen LogP contribution in [-0.4, -0.2) is 46.9 Å². The van der Waals surface area contributed by atoms with Gasteiger partial charge < -0.3 is 19.9 Å². The van der Waals surface area contributed by atoms with E-state index in [4.69, 9.17) is 0 Å². The molecule has 3 rings (SSSR count). The van der Waals surface area contributed by atoms with Gasteiger partial charge in [0.2, 0.25) is 0 Å². The summed E-state index contributed by atoms with van der Waals surface area (Å²) < 4.78 is 37.8. The van der Waals surface area contributed by atoms with Crippen LogP contribution in [-0.2, 0) is 6.18 Å². The first-order valence-corrected chi connectivity index (χ1v) is 8.07. The number of nitrogens with zero attached hydrogens (tertiary/aromatic N) is 4. The first kappa shape index (κ1) is 18.6. The molecule has 0 spiro atoms. The average molecular weight is 380 g/mol. The van der Waals surface area contributed by atoms with Crippen molar-refractivity contribution < 1.29 is 22.9 Å². The van der Waals surface area contributed by atoms with Crippen LogP contribution < -0.4 is 4.90 Å². The predicted octanol–water partition coefficient (Wildman–Crippen LogP) is 2.97. The molecule has 2 aromatic rings. The molecule has 10 heteroatoms. The molecule has 2 heterocycles. The largest absolute Gasteiger partial charge is 0.416 e. The van der Waals surface area contributed by atoms with E-state index in [-0.39, 0.29) is 17.3 Å². The number of pyridine rings is 1. The summed E-state index contributed by atoms with van der Waals surface area (Å²) in [6.45, 7) is 1.76. The van der Waals surface area contributed by atoms with E-state index in [1.165, 1.54) is 24.4 Å². The zero-order valence-corrected chi connectivity index (χ0v) is 14.0. The van der Waals surface area contributed by atoms with Crippen molar-refractivity contribution >= 4 is 17.4 Å². The molecule has 1 fully saturated rings. The van der Waals surface area contributed by atoms with E-state index in [0.717, 1.165) is 12.1 Å². The molecule has 0 saturated carbocycles. The van der Waals surface area contributed by atoms with Gasteiger partial charge in [-0.25, -0.2) is 0 Å². The number of carbonyl (C=O) groups excluding carboxylic acids is 1. The van der Waals surface area contributed by atoms with E-state index in [9.17, 15) is 28.1 Å². The summed E-state index contributed by atoms with van der Waals surface area (Å²) in [5, 5.41) is 10.6. The minimum atomic E-state index is -4.44. The second-order valence-electron chi connectivity index (χ2n) is 5.99. The summed E-state index contributed by atoms with van der Waals surface area (Å²) in [5.41, 5.74) is 0.116. The third kappa shape index (κ3) is 4.15. The number of amides is 1. The molecule has 0 N–H and O–H groups in total. The molecule has 0 atom stereocenters. The smallest absolute Gasteiger partial charge is 0.365 e. The molecule has 1 aromatic heterocycles. The van der Waals surface area contributed by atoms with Gasteiger partial charge in [-0.15, -0.1) is 0 Å². The fourth-order valence-electron chi connectivity index (χ4n) is 2.83. The van der Waals surface area contributed by atoms with Crippen molar-refractivity contribution in [3.05, 3.63) is 63.8 Å². The highest BCUT2D eigenvalue weighted by Gasteiger charge is 2.30. The molecule has 27 heavy (non-hydrogen) atoms. The number of hydrogen-bond acceptors (Lipinski definition) is 5. The highest BCUT2D eigenvalue weighted by atomic mass is 19.4. The highest BCUT2D eigenvalue weighted by Crippen LogP contribution is 2.29. The summed E-state index contributed by atoms with van der Waals surface area (Å²) >= 11 is 0. The van der Waals surface area contributed by atoms with Crippen LogP contribution in [0.2, 0.25) is 0 Å². The fourth-order valence-corrected chi connectivity index (χ4v) is 2.83. The van der Waals surface area contributed by atoms with E-state index in [1.807, 2.05) is 4.90 Å². The minimum absolute atomic E-state index is 0.202. The number of anilines is 1. The van der Waals surface area contributed by atoms with Gasteiger partial charge in [0.05, 0.1) is 11.3 Å². The molecule has 1 aliphatic heterocycles. The minimum Gasteiger partial charge on any atom is -0.365 e. The number of rotatable bonds is 3. The van der Waals surface area contributed by atoms with E-state index < -0.39 is 16.7 Å². The van der Waals surface area contributed by atoms with E-state index in [2.05, 4.69) is 4.98 Å². The van der Waals surface area contributed by atoms with Crippen LogP contribution in [0.4, 0.5) is 24.7 Å². The molecule has 1 amide bonds. The lowest BCUT2D eigenvalue weighted by Crippen LogP contribution is -2.48. The summed E-state index contributed by atoms with van der Waals surface area (Å²) in [7, 11) is 0. The predicted molar refractivity (Wildman–Crippen MR) is 90.5 cm³/mol. The first-order chi connectivity index (χ1) is 12.8. The van der Waals surface area contributed by atoms with Crippen LogP contribution in [0.5, 0.6) is 0 Å². The van der Waals surface area contributed by atoms with Crippen LogP contribution in [0, 0.1) is 10.1 Å². The summed E-state index contributed by atoms with van der Waals surface area (Å²) in [6, 6.07) is 7.06.